The third kappa shape index (κ3) is 5.66. The van der Waals surface area contributed by atoms with Crippen molar-refractivity contribution in [1.29, 1.82) is 0 Å². The summed E-state index contributed by atoms with van der Waals surface area (Å²) in [4.78, 5) is 9.12. The van der Waals surface area contributed by atoms with Crippen LogP contribution in [0.15, 0.2) is 40.0 Å². The highest BCUT2D eigenvalue weighted by Gasteiger charge is 2.20. The molecule has 28 heavy (non-hydrogen) atoms. The Morgan fingerprint density at radius 1 is 1.21 bits per heavy atom. The van der Waals surface area contributed by atoms with E-state index in [0.717, 1.165) is 63.1 Å². The fourth-order valence-electron chi connectivity index (χ4n) is 2.97. The van der Waals surface area contributed by atoms with Gasteiger partial charge in [-0.15, -0.1) is 0 Å². The average molecular weight is 393 g/mol. The van der Waals surface area contributed by atoms with Gasteiger partial charge in [0.25, 0.3) is 0 Å². The molecule has 0 radical (unpaired) electrons. The van der Waals surface area contributed by atoms with Gasteiger partial charge < -0.3 is 19.5 Å². The summed E-state index contributed by atoms with van der Waals surface area (Å²) in [6.45, 7) is 7.79. The molecule has 1 saturated heterocycles. The number of benzene rings is 1. The lowest BCUT2D eigenvalue weighted by Crippen LogP contribution is -2.52. The van der Waals surface area contributed by atoms with E-state index in [-0.39, 0.29) is 6.61 Å². The first-order chi connectivity index (χ1) is 13.7. The number of guanidine groups is 1. The van der Waals surface area contributed by atoms with Crippen molar-refractivity contribution in [3.63, 3.8) is 0 Å². The van der Waals surface area contributed by atoms with E-state index in [1.807, 2.05) is 13.0 Å². The molecule has 1 fully saturated rings. The van der Waals surface area contributed by atoms with Crippen LogP contribution in [0.2, 0.25) is 0 Å². The van der Waals surface area contributed by atoms with Gasteiger partial charge in [-0.3, -0.25) is 4.90 Å². The van der Waals surface area contributed by atoms with Crippen LogP contribution < -0.4 is 10.1 Å². The van der Waals surface area contributed by atoms with Crippen LogP contribution in [0.1, 0.15) is 12.6 Å². The van der Waals surface area contributed by atoms with E-state index in [1.165, 1.54) is 6.07 Å². The Hall–Kier alpha value is -2.68. The zero-order valence-electron chi connectivity index (χ0n) is 15.9. The standard InChI is InChI=1S/C19H25F2N5O2/c1-2-22-19(23-6-12-27-16-3-4-17(20)18(21)13-16)26-9-7-25(8-10-26)14-15-5-11-28-24-15/h3-5,11,13H,2,6-10,12,14H2,1H3,(H,22,23). The van der Waals surface area contributed by atoms with E-state index in [0.29, 0.717) is 12.3 Å². The van der Waals surface area contributed by atoms with E-state index in [1.54, 1.807) is 6.26 Å². The number of aromatic nitrogens is 1. The summed E-state index contributed by atoms with van der Waals surface area (Å²) < 4.78 is 36.5. The number of nitrogens with zero attached hydrogens (tertiary/aromatic N) is 4. The summed E-state index contributed by atoms with van der Waals surface area (Å²) >= 11 is 0. The number of aliphatic imine (C=N–C) groups is 1. The molecule has 0 aliphatic carbocycles. The van der Waals surface area contributed by atoms with Gasteiger partial charge in [-0.2, -0.15) is 0 Å². The average Bonchev–Trinajstić information content (AvgIpc) is 3.21. The van der Waals surface area contributed by atoms with Crippen molar-refractivity contribution >= 4 is 5.96 Å². The van der Waals surface area contributed by atoms with Crippen LogP contribution in [0.3, 0.4) is 0 Å². The second-order valence-electron chi connectivity index (χ2n) is 6.41. The largest absolute Gasteiger partial charge is 0.492 e. The summed E-state index contributed by atoms with van der Waals surface area (Å²) in [5.41, 5.74) is 0.934. The summed E-state index contributed by atoms with van der Waals surface area (Å²) in [6, 6.07) is 5.38. The Morgan fingerprint density at radius 2 is 2.04 bits per heavy atom. The van der Waals surface area contributed by atoms with Gasteiger partial charge in [0, 0.05) is 51.4 Å². The Balaban J connectivity index is 1.46. The Bertz CT molecular complexity index is 762. The minimum atomic E-state index is -0.919. The highest BCUT2D eigenvalue weighted by molar-refractivity contribution is 5.80. The molecule has 0 atom stereocenters. The molecule has 152 valence electrons. The molecule has 2 aromatic rings. The van der Waals surface area contributed by atoms with E-state index in [4.69, 9.17) is 9.26 Å². The number of nitrogens with one attached hydrogen (secondary N) is 1. The molecule has 0 saturated carbocycles. The van der Waals surface area contributed by atoms with E-state index in [9.17, 15) is 8.78 Å². The van der Waals surface area contributed by atoms with Crippen molar-refractivity contribution in [2.24, 2.45) is 4.99 Å². The second kappa shape index (κ2) is 10.0. The molecule has 0 amide bonds. The third-order valence-corrected chi connectivity index (χ3v) is 4.40. The predicted molar refractivity (Wildman–Crippen MR) is 101 cm³/mol. The van der Waals surface area contributed by atoms with Gasteiger partial charge in [-0.25, -0.2) is 13.8 Å². The minimum Gasteiger partial charge on any atom is -0.492 e. The van der Waals surface area contributed by atoms with Crippen LogP contribution in [-0.2, 0) is 6.54 Å². The second-order valence-corrected chi connectivity index (χ2v) is 6.41. The lowest BCUT2D eigenvalue weighted by molar-refractivity contribution is 0.169. The topological polar surface area (TPSA) is 66.1 Å². The first kappa shape index (κ1) is 20.1. The lowest BCUT2D eigenvalue weighted by atomic mass is 10.3. The molecule has 0 bridgehead atoms. The molecule has 1 aromatic heterocycles. The first-order valence-electron chi connectivity index (χ1n) is 9.38. The zero-order valence-corrected chi connectivity index (χ0v) is 15.9. The van der Waals surface area contributed by atoms with Crippen LogP contribution >= 0.6 is 0 Å². The Morgan fingerprint density at radius 3 is 2.71 bits per heavy atom. The van der Waals surface area contributed by atoms with Crippen molar-refractivity contribution in [2.75, 3.05) is 45.9 Å². The third-order valence-electron chi connectivity index (χ3n) is 4.40. The van der Waals surface area contributed by atoms with Crippen molar-refractivity contribution in [2.45, 2.75) is 13.5 Å². The summed E-state index contributed by atoms with van der Waals surface area (Å²) in [5.74, 6) is -0.682. The van der Waals surface area contributed by atoms with Crippen LogP contribution in [0.4, 0.5) is 8.78 Å². The van der Waals surface area contributed by atoms with Crippen LogP contribution in [0.5, 0.6) is 5.75 Å². The molecule has 3 rings (SSSR count). The first-order valence-corrected chi connectivity index (χ1v) is 9.38. The molecular weight excluding hydrogens is 368 g/mol. The number of rotatable bonds is 7. The van der Waals surface area contributed by atoms with Gasteiger partial charge in [-0.05, 0) is 19.1 Å². The highest BCUT2D eigenvalue weighted by atomic mass is 19.2. The van der Waals surface area contributed by atoms with Gasteiger partial charge in [0.15, 0.2) is 17.6 Å². The number of hydrogen-bond donors (Lipinski definition) is 1. The normalized spacial score (nSPS) is 15.7. The van der Waals surface area contributed by atoms with Gasteiger partial charge in [-0.1, -0.05) is 5.16 Å². The summed E-state index contributed by atoms with van der Waals surface area (Å²) in [5, 5.41) is 7.25. The van der Waals surface area contributed by atoms with Crippen LogP contribution in [-0.4, -0.2) is 66.8 Å². The van der Waals surface area contributed by atoms with Crippen molar-refractivity contribution in [3.8, 4) is 5.75 Å². The monoisotopic (exact) mass is 393 g/mol. The molecule has 7 nitrogen and oxygen atoms in total. The highest BCUT2D eigenvalue weighted by Crippen LogP contribution is 2.15. The van der Waals surface area contributed by atoms with E-state index < -0.39 is 11.6 Å². The Labute approximate surface area is 163 Å². The number of ether oxygens (including phenoxy) is 1. The van der Waals surface area contributed by atoms with Crippen molar-refractivity contribution < 1.29 is 18.0 Å². The molecule has 2 heterocycles. The maximum atomic E-state index is 13.2. The predicted octanol–water partition coefficient (Wildman–Crippen LogP) is 2.11. The lowest BCUT2D eigenvalue weighted by Gasteiger charge is -2.36. The van der Waals surface area contributed by atoms with Crippen LogP contribution in [0.25, 0.3) is 0 Å². The smallest absolute Gasteiger partial charge is 0.194 e. The SMILES string of the molecule is CCNC(=NCCOc1ccc(F)c(F)c1)N1CCN(Cc2ccon2)CC1. The number of halogens is 2. The fourth-order valence-corrected chi connectivity index (χ4v) is 2.97. The summed E-state index contributed by atoms with van der Waals surface area (Å²) in [6.07, 6.45) is 1.59. The molecule has 1 aliphatic heterocycles. The zero-order chi connectivity index (χ0) is 19.8. The molecule has 0 spiro atoms. The van der Waals surface area contributed by atoms with Gasteiger partial charge in [0.05, 0.1) is 12.2 Å². The molecule has 1 N–H and O–H groups in total. The van der Waals surface area contributed by atoms with E-state index in [2.05, 4.69) is 25.3 Å². The van der Waals surface area contributed by atoms with Crippen molar-refractivity contribution in [3.05, 3.63) is 47.9 Å². The van der Waals surface area contributed by atoms with Gasteiger partial charge in [0.1, 0.15) is 18.6 Å². The van der Waals surface area contributed by atoms with Gasteiger partial charge >= 0.3 is 0 Å². The van der Waals surface area contributed by atoms with E-state index >= 15 is 0 Å². The quantitative estimate of drug-likeness (QED) is 0.442. The maximum absolute atomic E-state index is 13.2. The Kier molecular flexibility index (Phi) is 7.18. The van der Waals surface area contributed by atoms with Crippen molar-refractivity contribution in [1.82, 2.24) is 20.3 Å². The maximum Gasteiger partial charge on any atom is 0.194 e. The molecule has 1 aromatic carbocycles. The van der Waals surface area contributed by atoms with Gasteiger partial charge in [0.2, 0.25) is 0 Å². The number of hydrogen-bond acceptors (Lipinski definition) is 5. The molecular formula is C19H25F2N5O2. The summed E-state index contributed by atoms with van der Waals surface area (Å²) in [7, 11) is 0. The number of piperazine rings is 1. The molecule has 9 heteroatoms. The molecule has 1 aliphatic rings. The molecule has 0 unspecified atom stereocenters. The van der Waals surface area contributed by atoms with Crippen LogP contribution in [0, 0.1) is 11.6 Å². The minimum absolute atomic E-state index is 0.284. The fraction of sp³-hybridized carbons (Fsp3) is 0.474.